The molecule has 1 saturated carbocycles. The molecule has 0 unspecified atom stereocenters. The Morgan fingerprint density at radius 3 is 2.55 bits per heavy atom. The Labute approximate surface area is 114 Å². The molecule has 0 atom stereocenters. The van der Waals surface area contributed by atoms with Crippen molar-refractivity contribution in [3.63, 3.8) is 0 Å². The van der Waals surface area contributed by atoms with Crippen molar-refractivity contribution >= 4 is 11.7 Å². The highest BCUT2D eigenvalue weighted by molar-refractivity contribution is 5.90. The zero-order valence-electron chi connectivity index (χ0n) is 10.8. The smallest absolute Gasteiger partial charge is 0.417 e. The first-order valence-electron chi connectivity index (χ1n) is 6.56. The summed E-state index contributed by atoms with van der Waals surface area (Å²) in [5.41, 5.74) is -1.53. The van der Waals surface area contributed by atoms with Gasteiger partial charge in [-0.2, -0.15) is 13.2 Å². The van der Waals surface area contributed by atoms with E-state index in [2.05, 4.69) is 5.32 Å². The highest BCUT2D eigenvalue weighted by Gasteiger charge is 2.35. The van der Waals surface area contributed by atoms with Crippen LogP contribution in [0.4, 0.5) is 18.9 Å². The molecule has 0 aliphatic heterocycles. The molecule has 3 nitrogen and oxygen atoms in total. The molecule has 1 fully saturated rings. The highest BCUT2D eigenvalue weighted by Crippen LogP contribution is 2.34. The summed E-state index contributed by atoms with van der Waals surface area (Å²) in [7, 11) is 0. The van der Waals surface area contributed by atoms with Gasteiger partial charge in [-0.1, -0.05) is 19.3 Å². The summed E-state index contributed by atoms with van der Waals surface area (Å²) >= 11 is 0. The molecule has 20 heavy (non-hydrogen) atoms. The van der Waals surface area contributed by atoms with Gasteiger partial charge in [0, 0.05) is 12.2 Å². The van der Waals surface area contributed by atoms with E-state index in [0.717, 1.165) is 18.6 Å². The van der Waals surface area contributed by atoms with Crippen LogP contribution in [-0.4, -0.2) is 17.6 Å². The fraction of sp³-hybridized carbons (Fsp3) is 0.500. The number of carboxylic acids is 1. The molecule has 2 rings (SSSR count). The second kappa shape index (κ2) is 5.73. The van der Waals surface area contributed by atoms with E-state index in [9.17, 15) is 18.0 Å². The van der Waals surface area contributed by atoms with Gasteiger partial charge in [-0.15, -0.1) is 0 Å². The van der Waals surface area contributed by atoms with E-state index in [-0.39, 0.29) is 0 Å². The molecule has 0 radical (unpaired) electrons. The van der Waals surface area contributed by atoms with Gasteiger partial charge in [-0.05, 0) is 30.5 Å². The molecular weight excluding hydrogens is 271 g/mol. The molecule has 2 N–H and O–H groups in total. The Kier molecular flexibility index (Phi) is 4.20. The Bertz CT molecular complexity index is 496. The van der Waals surface area contributed by atoms with Gasteiger partial charge in [0.05, 0.1) is 11.1 Å². The molecule has 0 bridgehead atoms. The average Bonchev–Trinajstić information content (AvgIpc) is 2.31. The number of alkyl halides is 3. The Morgan fingerprint density at radius 2 is 2.05 bits per heavy atom. The van der Waals surface area contributed by atoms with E-state index in [1.165, 1.54) is 25.3 Å². The largest absolute Gasteiger partial charge is 0.478 e. The topological polar surface area (TPSA) is 49.3 Å². The van der Waals surface area contributed by atoms with Crippen molar-refractivity contribution < 1.29 is 23.1 Å². The van der Waals surface area contributed by atoms with Gasteiger partial charge in [0.15, 0.2) is 0 Å². The summed E-state index contributed by atoms with van der Waals surface area (Å²) in [5, 5.41) is 11.7. The number of benzene rings is 1. The SMILES string of the molecule is O=C(O)c1ccc(NCCC2CCC2)cc1C(F)(F)F. The van der Waals surface area contributed by atoms with Crippen LogP contribution in [0.25, 0.3) is 0 Å². The number of halogens is 3. The summed E-state index contributed by atoms with van der Waals surface area (Å²) in [6, 6.07) is 3.24. The van der Waals surface area contributed by atoms with Crippen LogP contribution < -0.4 is 5.32 Å². The average molecular weight is 287 g/mol. The number of hydrogen-bond acceptors (Lipinski definition) is 2. The lowest BCUT2D eigenvalue weighted by Gasteiger charge is -2.25. The number of carbonyl (C=O) groups is 1. The van der Waals surface area contributed by atoms with Gasteiger partial charge in [0.2, 0.25) is 0 Å². The van der Waals surface area contributed by atoms with Crippen LogP contribution in [0.5, 0.6) is 0 Å². The van der Waals surface area contributed by atoms with Crippen LogP contribution in [0, 0.1) is 5.92 Å². The van der Waals surface area contributed by atoms with Crippen molar-refractivity contribution in [2.75, 3.05) is 11.9 Å². The van der Waals surface area contributed by atoms with Crippen LogP contribution >= 0.6 is 0 Å². The van der Waals surface area contributed by atoms with Crippen molar-refractivity contribution in [2.24, 2.45) is 5.92 Å². The lowest BCUT2D eigenvalue weighted by atomic mass is 9.83. The van der Waals surface area contributed by atoms with Crippen molar-refractivity contribution in [3.8, 4) is 0 Å². The molecule has 0 spiro atoms. The lowest BCUT2D eigenvalue weighted by molar-refractivity contribution is -0.138. The van der Waals surface area contributed by atoms with Gasteiger partial charge in [0.25, 0.3) is 0 Å². The summed E-state index contributed by atoms with van der Waals surface area (Å²) in [6.07, 6.45) is -0.127. The Hall–Kier alpha value is -1.72. The van der Waals surface area contributed by atoms with Crippen LogP contribution in [0.15, 0.2) is 18.2 Å². The third-order valence-electron chi connectivity index (χ3n) is 3.66. The standard InChI is InChI=1S/C14H16F3NO2/c15-14(16,17)12-8-10(4-5-11(12)13(19)20)18-7-6-9-2-1-3-9/h4-5,8-9,18H,1-3,6-7H2,(H,19,20). The quantitative estimate of drug-likeness (QED) is 0.860. The van der Waals surface area contributed by atoms with E-state index in [0.29, 0.717) is 18.2 Å². The zero-order chi connectivity index (χ0) is 14.8. The van der Waals surface area contributed by atoms with Crippen molar-refractivity contribution in [2.45, 2.75) is 31.9 Å². The molecule has 0 saturated heterocycles. The first-order valence-corrected chi connectivity index (χ1v) is 6.56. The molecule has 1 aromatic carbocycles. The third-order valence-corrected chi connectivity index (χ3v) is 3.66. The fourth-order valence-electron chi connectivity index (χ4n) is 2.28. The van der Waals surface area contributed by atoms with E-state index in [1.807, 2.05) is 0 Å². The molecule has 1 aromatic rings. The van der Waals surface area contributed by atoms with Crippen LogP contribution in [0.3, 0.4) is 0 Å². The normalized spacial score (nSPS) is 15.8. The van der Waals surface area contributed by atoms with Crippen molar-refractivity contribution in [1.82, 2.24) is 0 Å². The van der Waals surface area contributed by atoms with Gasteiger partial charge in [-0.25, -0.2) is 4.79 Å². The second-order valence-electron chi connectivity index (χ2n) is 5.08. The lowest BCUT2D eigenvalue weighted by Crippen LogP contribution is -2.17. The molecule has 1 aliphatic carbocycles. The van der Waals surface area contributed by atoms with E-state index >= 15 is 0 Å². The number of aromatic carboxylic acids is 1. The number of nitrogens with one attached hydrogen (secondary N) is 1. The number of anilines is 1. The molecule has 110 valence electrons. The number of rotatable bonds is 5. The van der Waals surface area contributed by atoms with E-state index in [4.69, 9.17) is 5.11 Å². The predicted molar refractivity (Wildman–Crippen MR) is 68.9 cm³/mol. The minimum atomic E-state index is -4.67. The summed E-state index contributed by atoms with van der Waals surface area (Å²) < 4.78 is 38.4. The predicted octanol–water partition coefficient (Wildman–Crippen LogP) is 4.01. The Balaban J connectivity index is 2.08. The fourth-order valence-corrected chi connectivity index (χ4v) is 2.28. The van der Waals surface area contributed by atoms with Crippen molar-refractivity contribution in [1.29, 1.82) is 0 Å². The third kappa shape index (κ3) is 3.43. The van der Waals surface area contributed by atoms with Crippen LogP contribution in [0.2, 0.25) is 0 Å². The summed E-state index contributed by atoms with van der Waals surface area (Å²) in [5.74, 6) is -0.902. The first-order chi connectivity index (χ1) is 9.38. The number of hydrogen-bond donors (Lipinski definition) is 2. The Morgan fingerprint density at radius 1 is 1.35 bits per heavy atom. The van der Waals surface area contributed by atoms with Gasteiger partial charge in [0.1, 0.15) is 0 Å². The summed E-state index contributed by atoms with van der Waals surface area (Å²) in [4.78, 5) is 10.8. The molecule has 0 heterocycles. The van der Waals surface area contributed by atoms with Gasteiger partial charge < -0.3 is 10.4 Å². The van der Waals surface area contributed by atoms with Crippen LogP contribution in [0.1, 0.15) is 41.6 Å². The molecule has 0 amide bonds. The van der Waals surface area contributed by atoms with Crippen molar-refractivity contribution in [3.05, 3.63) is 29.3 Å². The zero-order valence-corrected chi connectivity index (χ0v) is 10.8. The maximum absolute atomic E-state index is 12.8. The monoisotopic (exact) mass is 287 g/mol. The minimum Gasteiger partial charge on any atom is -0.478 e. The minimum absolute atomic E-state index is 0.307. The molecular formula is C14H16F3NO2. The van der Waals surface area contributed by atoms with Gasteiger partial charge in [-0.3, -0.25) is 0 Å². The first kappa shape index (κ1) is 14.7. The highest BCUT2D eigenvalue weighted by atomic mass is 19.4. The number of carboxylic acid groups (broad SMARTS) is 1. The molecule has 0 aromatic heterocycles. The second-order valence-corrected chi connectivity index (χ2v) is 5.08. The summed E-state index contributed by atoms with van der Waals surface area (Å²) in [6.45, 7) is 0.606. The van der Waals surface area contributed by atoms with E-state index in [1.54, 1.807) is 0 Å². The van der Waals surface area contributed by atoms with E-state index < -0.39 is 23.3 Å². The molecule has 6 heteroatoms. The van der Waals surface area contributed by atoms with Gasteiger partial charge >= 0.3 is 12.1 Å². The maximum atomic E-state index is 12.8. The van der Waals surface area contributed by atoms with Crippen LogP contribution in [-0.2, 0) is 6.18 Å². The molecule has 1 aliphatic rings. The maximum Gasteiger partial charge on any atom is 0.417 e.